The molecule has 13 N–H and O–H groups in total. The Morgan fingerprint density at radius 2 is 1.51 bits per heavy atom. The first-order chi connectivity index (χ1) is 20.3. The van der Waals surface area contributed by atoms with Gasteiger partial charge in [0.25, 0.3) is 0 Å². The van der Waals surface area contributed by atoms with Crippen molar-refractivity contribution in [2.75, 3.05) is 6.54 Å². The fraction of sp³-hybridized carbons (Fsp3) is 0.423. The highest BCUT2D eigenvalue weighted by atomic mass is 16.4. The average molecular weight is 604 g/mol. The number of carbonyl (C=O) groups excluding carboxylic acids is 3. The Morgan fingerprint density at radius 1 is 0.884 bits per heavy atom. The number of amides is 3. The van der Waals surface area contributed by atoms with E-state index >= 15 is 0 Å². The molecule has 234 valence electrons. The maximum atomic E-state index is 13.4. The van der Waals surface area contributed by atoms with Crippen LogP contribution in [0.1, 0.15) is 36.9 Å². The number of carboxylic acid groups (broad SMARTS) is 2. The lowest BCUT2D eigenvalue weighted by molar-refractivity contribution is -0.143. The number of aromatic hydroxyl groups is 1. The fourth-order valence-corrected chi connectivity index (χ4v) is 3.92. The lowest BCUT2D eigenvalue weighted by atomic mass is 10.0. The van der Waals surface area contributed by atoms with Crippen molar-refractivity contribution < 1.29 is 39.3 Å². The van der Waals surface area contributed by atoms with Gasteiger partial charge >= 0.3 is 11.9 Å². The molecule has 0 aliphatic rings. The number of nitrogens with zero attached hydrogens (tertiary/aromatic N) is 2. The highest BCUT2D eigenvalue weighted by Gasteiger charge is 2.31. The molecule has 0 aliphatic heterocycles. The number of benzene rings is 1. The molecule has 3 amide bonds. The third kappa shape index (κ3) is 12.5. The van der Waals surface area contributed by atoms with Crippen LogP contribution in [0.3, 0.4) is 0 Å². The van der Waals surface area contributed by atoms with Gasteiger partial charge in [-0.1, -0.05) is 12.1 Å². The summed E-state index contributed by atoms with van der Waals surface area (Å²) in [7, 11) is 0. The van der Waals surface area contributed by atoms with E-state index in [1.807, 2.05) is 0 Å². The first-order valence-electron chi connectivity index (χ1n) is 13.3. The quantitative estimate of drug-likeness (QED) is 0.0488. The monoisotopic (exact) mass is 603 g/mol. The summed E-state index contributed by atoms with van der Waals surface area (Å²) in [4.78, 5) is 72.9. The zero-order valence-corrected chi connectivity index (χ0v) is 23.2. The standard InChI is InChI=1S/C26H37N9O8/c27-17(11-15-12-30-13-32-15)22(39)35-20(10-14-3-5-16(36)6-4-14)24(41)33-18(7-8-21(37)38)23(40)34-19(25(42)43)2-1-9-31-26(28)29/h3-6,12-13,17-20,36H,1-2,7-11,27H2,(H,30,32)(H,33,41)(H,34,40)(H,35,39)(H,37,38)(H,42,43)(H4,28,29,31). The molecule has 0 fully saturated rings. The molecule has 0 radical (unpaired) electrons. The number of phenols is 1. The number of rotatable bonds is 18. The number of aliphatic carboxylic acids is 2. The van der Waals surface area contributed by atoms with Crippen molar-refractivity contribution in [2.45, 2.75) is 62.7 Å². The number of hydrogen-bond donors (Lipinski definition) is 10. The maximum absolute atomic E-state index is 13.4. The number of hydrogen-bond acceptors (Lipinski definition) is 9. The summed E-state index contributed by atoms with van der Waals surface area (Å²) in [5.41, 5.74) is 17.7. The molecule has 0 bridgehead atoms. The van der Waals surface area contributed by atoms with E-state index in [1.54, 1.807) is 0 Å². The number of imidazole rings is 1. The third-order valence-electron chi connectivity index (χ3n) is 6.18. The number of nitrogens with two attached hydrogens (primary N) is 3. The van der Waals surface area contributed by atoms with Gasteiger partial charge in [0, 0.05) is 37.7 Å². The van der Waals surface area contributed by atoms with Crippen LogP contribution in [-0.2, 0) is 36.8 Å². The molecule has 1 aromatic carbocycles. The van der Waals surface area contributed by atoms with Crippen molar-refractivity contribution in [3.8, 4) is 5.75 Å². The topological polar surface area (TPSA) is 301 Å². The normalized spacial score (nSPS) is 13.5. The van der Waals surface area contributed by atoms with Crippen LogP contribution in [0.2, 0.25) is 0 Å². The van der Waals surface area contributed by atoms with E-state index in [4.69, 9.17) is 17.2 Å². The molecule has 2 rings (SSSR count). The van der Waals surface area contributed by atoms with Gasteiger partial charge in [-0.15, -0.1) is 0 Å². The van der Waals surface area contributed by atoms with E-state index in [2.05, 4.69) is 30.9 Å². The number of aromatic amines is 1. The highest BCUT2D eigenvalue weighted by molar-refractivity contribution is 5.94. The van der Waals surface area contributed by atoms with Gasteiger partial charge < -0.3 is 53.5 Å². The van der Waals surface area contributed by atoms with Crippen LogP contribution in [0.5, 0.6) is 5.75 Å². The molecule has 17 heteroatoms. The van der Waals surface area contributed by atoms with Crippen LogP contribution < -0.4 is 33.2 Å². The Bertz CT molecular complexity index is 1260. The minimum atomic E-state index is -1.46. The number of carbonyl (C=O) groups is 5. The Hall–Kier alpha value is -5.19. The molecule has 4 atom stereocenters. The Labute approximate surface area is 246 Å². The summed E-state index contributed by atoms with van der Waals surface area (Å²) in [6, 6.07) is 0.648. The summed E-state index contributed by atoms with van der Waals surface area (Å²) in [5.74, 6) is -5.28. The Balaban J connectivity index is 2.21. The molecule has 0 saturated heterocycles. The van der Waals surface area contributed by atoms with Gasteiger partial charge in [-0.25, -0.2) is 9.78 Å². The van der Waals surface area contributed by atoms with Crippen molar-refractivity contribution in [1.82, 2.24) is 25.9 Å². The van der Waals surface area contributed by atoms with Gasteiger partial charge in [-0.05, 0) is 37.0 Å². The van der Waals surface area contributed by atoms with Gasteiger partial charge in [-0.3, -0.25) is 24.2 Å². The second-order valence-corrected chi connectivity index (χ2v) is 9.66. The van der Waals surface area contributed by atoms with Crippen molar-refractivity contribution >= 4 is 35.6 Å². The number of aromatic nitrogens is 2. The number of carboxylic acids is 2. The van der Waals surface area contributed by atoms with E-state index < -0.39 is 60.2 Å². The summed E-state index contributed by atoms with van der Waals surface area (Å²) in [5, 5.41) is 35.6. The lowest BCUT2D eigenvalue weighted by Crippen LogP contribution is -2.57. The largest absolute Gasteiger partial charge is 0.508 e. The molecule has 1 aromatic heterocycles. The Morgan fingerprint density at radius 3 is 2.09 bits per heavy atom. The summed E-state index contributed by atoms with van der Waals surface area (Å²) < 4.78 is 0. The predicted octanol–water partition coefficient (Wildman–Crippen LogP) is -2.31. The molecule has 4 unspecified atom stereocenters. The first-order valence-corrected chi connectivity index (χ1v) is 13.3. The number of guanidine groups is 1. The van der Waals surface area contributed by atoms with E-state index in [9.17, 15) is 39.3 Å². The maximum Gasteiger partial charge on any atom is 0.326 e. The molecule has 0 spiro atoms. The minimum Gasteiger partial charge on any atom is -0.508 e. The zero-order valence-electron chi connectivity index (χ0n) is 23.2. The molecule has 0 aliphatic carbocycles. The second kappa shape index (κ2) is 16.9. The van der Waals surface area contributed by atoms with Crippen molar-refractivity contribution in [3.63, 3.8) is 0 Å². The van der Waals surface area contributed by atoms with Gasteiger partial charge in [0.15, 0.2) is 5.96 Å². The van der Waals surface area contributed by atoms with Crippen LogP contribution in [0, 0.1) is 0 Å². The van der Waals surface area contributed by atoms with Gasteiger partial charge in [0.1, 0.15) is 23.9 Å². The van der Waals surface area contributed by atoms with Crippen LogP contribution in [0.4, 0.5) is 0 Å². The Kier molecular flexibility index (Phi) is 13.4. The number of nitrogens with one attached hydrogen (secondary N) is 4. The molecular formula is C26H37N9O8. The van der Waals surface area contributed by atoms with E-state index in [0.717, 1.165) is 0 Å². The van der Waals surface area contributed by atoms with Crippen molar-refractivity contribution in [1.29, 1.82) is 0 Å². The van der Waals surface area contributed by atoms with Gasteiger partial charge in [-0.2, -0.15) is 0 Å². The summed E-state index contributed by atoms with van der Waals surface area (Å²) in [6.07, 6.45) is 2.18. The SMILES string of the molecule is NC(N)=NCCCC(NC(=O)C(CCC(=O)O)NC(=O)C(Cc1ccc(O)cc1)NC(=O)C(N)Cc1cnc[nH]1)C(=O)O. The van der Waals surface area contributed by atoms with Crippen molar-refractivity contribution in [3.05, 3.63) is 48.0 Å². The van der Waals surface area contributed by atoms with E-state index in [-0.39, 0.29) is 50.4 Å². The fourth-order valence-electron chi connectivity index (χ4n) is 3.92. The van der Waals surface area contributed by atoms with E-state index in [0.29, 0.717) is 11.3 Å². The van der Waals surface area contributed by atoms with Crippen LogP contribution in [-0.4, -0.2) is 91.6 Å². The molecule has 2 aromatic rings. The first kappa shape index (κ1) is 34.0. The molecule has 1 heterocycles. The molecule has 0 saturated carbocycles. The molecule has 17 nitrogen and oxygen atoms in total. The van der Waals surface area contributed by atoms with Crippen LogP contribution in [0.25, 0.3) is 0 Å². The number of phenolic OH excluding ortho intramolecular Hbond substituents is 1. The second-order valence-electron chi connectivity index (χ2n) is 9.66. The highest BCUT2D eigenvalue weighted by Crippen LogP contribution is 2.12. The predicted molar refractivity (Wildman–Crippen MR) is 152 cm³/mol. The lowest BCUT2D eigenvalue weighted by Gasteiger charge is -2.25. The molecular weight excluding hydrogens is 566 g/mol. The van der Waals surface area contributed by atoms with Crippen LogP contribution in [0.15, 0.2) is 41.8 Å². The zero-order chi connectivity index (χ0) is 31.9. The van der Waals surface area contributed by atoms with Crippen molar-refractivity contribution in [2.24, 2.45) is 22.2 Å². The summed E-state index contributed by atoms with van der Waals surface area (Å²) >= 11 is 0. The third-order valence-corrected chi connectivity index (χ3v) is 6.18. The van der Waals surface area contributed by atoms with Gasteiger partial charge in [0.05, 0.1) is 12.4 Å². The molecule has 43 heavy (non-hydrogen) atoms. The summed E-state index contributed by atoms with van der Waals surface area (Å²) in [6.45, 7) is 0.113. The smallest absolute Gasteiger partial charge is 0.326 e. The van der Waals surface area contributed by atoms with E-state index in [1.165, 1.54) is 36.8 Å². The average Bonchev–Trinajstić information content (AvgIpc) is 3.45. The van der Waals surface area contributed by atoms with Gasteiger partial charge in [0.2, 0.25) is 17.7 Å². The minimum absolute atomic E-state index is 0.0212. The number of H-pyrrole nitrogens is 1. The number of aliphatic imine (C=N–C) groups is 1. The van der Waals surface area contributed by atoms with Crippen LogP contribution >= 0.6 is 0 Å².